The van der Waals surface area contributed by atoms with Crippen LogP contribution in [0.5, 0.6) is 0 Å². The molecule has 1 aromatic carbocycles. The number of benzene rings is 1. The fourth-order valence-corrected chi connectivity index (χ4v) is 2.62. The normalized spacial score (nSPS) is 15.3. The van der Waals surface area contributed by atoms with Gasteiger partial charge in [-0.3, -0.25) is 4.79 Å². The number of nitrogens with zero attached hydrogens (tertiary/aromatic N) is 1. The average Bonchev–Trinajstić information content (AvgIpc) is 2.52. The zero-order valence-electron chi connectivity index (χ0n) is 12.5. The molecule has 0 bridgehead atoms. The second-order valence-corrected chi connectivity index (χ2v) is 5.55. The fraction of sp³-hybridized carbons (Fsp3) is 0.588. The van der Waals surface area contributed by atoms with Gasteiger partial charge in [-0.25, -0.2) is 0 Å². The number of amides is 1. The van der Waals surface area contributed by atoms with Gasteiger partial charge in [0.25, 0.3) is 5.91 Å². The third-order valence-electron chi connectivity index (χ3n) is 3.92. The molecule has 20 heavy (non-hydrogen) atoms. The van der Waals surface area contributed by atoms with Gasteiger partial charge in [-0.2, -0.15) is 0 Å². The molecule has 1 aliphatic heterocycles. The highest BCUT2D eigenvalue weighted by atomic mass is 16.2. The molecular weight excluding hydrogens is 248 g/mol. The van der Waals surface area contributed by atoms with Crippen LogP contribution in [-0.2, 0) is 6.42 Å². The van der Waals surface area contributed by atoms with E-state index < -0.39 is 0 Å². The maximum absolute atomic E-state index is 12.3. The van der Waals surface area contributed by atoms with E-state index in [0.29, 0.717) is 0 Å². The van der Waals surface area contributed by atoms with Crippen LogP contribution in [0.2, 0.25) is 0 Å². The number of rotatable bonds is 6. The maximum atomic E-state index is 12.3. The first-order chi connectivity index (χ1) is 9.81. The van der Waals surface area contributed by atoms with Crippen LogP contribution in [0.4, 0.5) is 0 Å². The van der Waals surface area contributed by atoms with Gasteiger partial charge in [0.15, 0.2) is 0 Å². The predicted molar refractivity (Wildman–Crippen MR) is 83.1 cm³/mol. The molecule has 0 aliphatic carbocycles. The molecule has 0 saturated carbocycles. The second-order valence-electron chi connectivity index (χ2n) is 5.55. The van der Waals surface area contributed by atoms with Crippen molar-refractivity contribution in [3.63, 3.8) is 0 Å². The van der Waals surface area contributed by atoms with Gasteiger partial charge in [-0.1, -0.05) is 38.3 Å². The van der Waals surface area contributed by atoms with Gasteiger partial charge in [0, 0.05) is 31.7 Å². The van der Waals surface area contributed by atoms with Crippen molar-refractivity contribution in [3.8, 4) is 0 Å². The summed E-state index contributed by atoms with van der Waals surface area (Å²) in [6, 6.07) is 8.20. The molecule has 3 nitrogen and oxygen atoms in total. The molecule has 0 radical (unpaired) electrons. The summed E-state index contributed by atoms with van der Waals surface area (Å²) in [7, 11) is 0. The molecule has 2 rings (SSSR count). The van der Waals surface area contributed by atoms with Crippen LogP contribution in [-0.4, -0.2) is 37.0 Å². The largest absolute Gasteiger partial charge is 0.336 e. The molecule has 0 unspecified atom stereocenters. The predicted octanol–water partition coefficient (Wildman–Crippen LogP) is 2.85. The molecule has 3 heteroatoms. The fourth-order valence-electron chi connectivity index (χ4n) is 2.62. The van der Waals surface area contributed by atoms with E-state index in [-0.39, 0.29) is 5.91 Å². The Labute approximate surface area is 122 Å². The Bertz CT molecular complexity index is 408. The van der Waals surface area contributed by atoms with Gasteiger partial charge in [0.2, 0.25) is 0 Å². The van der Waals surface area contributed by atoms with E-state index in [2.05, 4.69) is 24.4 Å². The summed E-state index contributed by atoms with van der Waals surface area (Å²) in [5, 5.41) is 3.27. The van der Waals surface area contributed by atoms with Crippen molar-refractivity contribution >= 4 is 5.91 Å². The molecule has 1 saturated heterocycles. The highest BCUT2D eigenvalue weighted by Crippen LogP contribution is 2.11. The summed E-state index contributed by atoms with van der Waals surface area (Å²) < 4.78 is 0. The van der Waals surface area contributed by atoms with Crippen LogP contribution < -0.4 is 5.32 Å². The number of piperazine rings is 1. The molecule has 1 N–H and O–H groups in total. The minimum atomic E-state index is 0.170. The van der Waals surface area contributed by atoms with Crippen LogP contribution in [0.15, 0.2) is 24.3 Å². The summed E-state index contributed by atoms with van der Waals surface area (Å²) in [5.41, 5.74) is 2.17. The summed E-state index contributed by atoms with van der Waals surface area (Å²) in [6.45, 7) is 5.67. The van der Waals surface area contributed by atoms with Gasteiger partial charge < -0.3 is 10.2 Å². The molecule has 110 valence electrons. The first kappa shape index (κ1) is 15.0. The number of hydrogen-bond acceptors (Lipinski definition) is 2. The lowest BCUT2D eigenvalue weighted by Gasteiger charge is -2.27. The third-order valence-corrected chi connectivity index (χ3v) is 3.92. The van der Waals surface area contributed by atoms with Gasteiger partial charge >= 0.3 is 0 Å². The average molecular weight is 274 g/mol. The van der Waals surface area contributed by atoms with Gasteiger partial charge in [0.05, 0.1) is 0 Å². The molecule has 1 aliphatic rings. The highest BCUT2D eigenvalue weighted by Gasteiger charge is 2.17. The van der Waals surface area contributed by atoms with Crippen molar-refractivity contribution in [2.45, 2.75) is 39.0 Å². The first-order valence-corrected chi connectivity index (χ1v) is 7.90. The Hall–Kier alpha value is -1.35. The Morgan fingerprint density at radius 2 is 1.80 bits per heavy atom. The van der Waals surface area contributed by atoms with E-state index in [1.165, 1.54) is 31.2 Å². The molecule has 0 atom stereocenters. The van der Waals surface area contributed by atoms with Crippen LogP contribution in [0, 0.1) is 0 Å². The topological polar surface area (TPSA) is 32.3 Å². The Morgan fingerprint density at radius 1 is 1.10 bits per heavy atom. The van der Waals surface area contributed by atoms with Gasteiger partial charge in [-0.15, -0.1) is 0 Å². The molecule has 0 aromatic heterocycles. The quantitative estimate of drug-likeness (QED) is 0.809. The standard InChI is InChI=1S/C17H26N2O/c1-2-3-4-5-6-15-7-9-16(10-8-15)17(20)19-13-11-18-12-14-19/h7-10,18H,2-6,11-14H2,1H3. The number of aryl methyl sites for hydroxylation is 1. The molecule has 1 fully saturated rings. The molecule has 1 amide bonds. The van der Waals surface area contributed by atoms with Crippen molar-refractivity contribution in [2.24, 2.45) is 0 Å². The number of nitrogens with one attached hydrogen (secondary N) is 1. The number of unbranched alkanes of at least 4 members (excludes halogenated alkanes) is 3. The van der Waals surface area contributed by atoms with E-state index >= 15 is 0 Å². The van der Waals surface area contributed by atoms with Crippen molar-refractivity contribution in [3.05, 3.63) is 35.4 Å². The van der Waals surface area contributed by atoms with Crippen LogP contribution in [0.3, 0.4) is 0 Å². The monoisotopic (exact) mass is 274 g/mol. The van der Waals surface area contributed by atoms with E-state index in [9.17, 15) is 4.79 Å². The van der Waals surface area contributed by atoms with Crippen molar-refractivity contribution in [1.29, 1.82) is 0 Å². The van der Waals surface area contributed by atoms with E-state index in [1.807, 2.05) is 17.0 Å². The van der Waals surface area contributed by atoms with Gasteiger partial charge in [0.1, 0.15) is 0 Å². The summed E-state index contributed by atoms with van der Waals surface area (Å²) in [4.78, 5) is 14.2. The number of carbonyl (C=O) groups excluding carboxylic acids is 1. The number of hydrogen-bond donors (Lipinski definition) is 1. The lowest BCUT2D eigenvalue weighted by Crippen LogP contribution is -2.46. The molecular formula is C17H26N2O. The maximum Gasteiger partial charge on any atom is 0.253 e. The molecule has 0 spiro atoms. The van der Waals surface area contributed by atoms with Crippen molar-refractivity contribution in [2.75, 3.05) is 26.2 Å². The third kappa shape index (κ3) is 4.34. The van der Waals surface area contributed by atoms with Crippen LogP contribution in [0.25, 0.3) is 0 Å². The zero-order valence-corrected chi connectivity index (χ0v) is 12.5. The van der Waals surface area contributed by atoms with E-state index in [4.69, 9.17) is 0 Å². The smallest absolute Gasteiger partial charge is 0.253 e. The second kappa shape index (κ2) is 8.05. The summed E-state index contributed by atoms with van der Waals surface area (Å²) in [5.74, 6) is 0.170. The van der Waals surface area contributed by atoms with Crippen molar-refractivity contribution in [1.82, 2.24) is 10.2 Å². The number of carbonyl (C=O) groups is 1. The highest BCUT2D eigenvalue weighted by molar-refractivity contribution is 5.94. The molecule has 1 aromatic rings. The van der Waals surface area contributed by atoms with E-state index in [0.717, 1.165) is 38.2 Å². The summed E-state index contributed by atoms with van der Waals surface area (Å²) in [6.07, 6.45) is 6.27. The van der Waals surface area contributed by atoms with Crippen LogP contribution >= 0.6 is 0 Å². The lowest BCUT2D eigenvalue weighted by molar-refractivity contribution is 0.0736. The van der Waals surface area contributed by atoms with Crippen molar-refractivity contribution < 1.29 is 4.79 Å². The van der Waals surface area contributed by atoms with E-state index in [1.54, 1.807) is 0 Å². The van der Waals surface area contributed by atoms with Gasteiger partial charge in [-0.05, 0) is 30.5 Å². The SMILES string of the molecule is CCCCCCc1ccc(C(=O)N2CCNCC2)cc1. The zero-order chi connectivity index (χ0) is 14.2. The van der Waals surface area contributed by atoms with Crippen LogP contribution in [0.1, 0.15) is 48.5 Å². The minimum Gasteiger partial charge on any atom is -0.336 e. The minimum absolute atomic E-state index is 0.170. The molecule has 1 heterocycles. The first-order valence-electron chi connectivity index (χ1n) is 7.90. The lowest BCUT2D eigenvalue weighted by atomic mass is 10.0. The summed E-state index contributed by atoms with van der Waals surface area (Å²) >= 11 is 0. The Morgan fingerprint density at radius 3 is 2.45 bits per heavy atom. The Balaban J connectivity index is 1.85. The Kier molecular flexibility index (Phi) is 6.06.